The second kappa shape index (κ2) is 5.79. The third-order valence-electron chi connectivity index (χ3n) is 2.98. The predicted octanol–water partition coefficient (Wildman–Crippen LogP) is 2.91. The third-order valence-corrected chi connectivity index (χ3v) is 4.93. The molecule has 0 saturated heterocycles. The van der Waals surface area contributed by atoms with Gasteiger partial charge in [0.1, 0.15) is 0 Å². The van der Waals surface area contributed by atoms with E-state index >= 15 is 0 Å². The van der Waals surface area contributed by atoms with Gasteiger partial charge in [-0.2, -0.15) is 8.42 Å². The minimum absolute atomic E-state index is 0.100. The molecule has 0 amide bonds. The van der Waals surface area contributed by atoms with E-state index in [1.54, 1.807) is 19.1 Å². The van der Waals surface area contributed by atoms with Crippen molar-refractivity contribution in [2.45, 2.75) is 30.2 Å². The summed E-state index contributed by atoms with van der Waals surface area (Å²) in [6, 6.07) is 5.00. The molecule has 0 saturated carbocycles. The van der Waals surface area contributed by atoms with Crippen LogP contribution in [0.2, 0.25) is 0 Å². The van der Waals surface area contributed by atoms with Crippen molar-refractivity contribution in [3.05, 3.63) is 41.3 Å². The molecule has 0 N–H and O–H groups in total. The molecule has 0 radical (unpaired) electrons. The fourth-order valence-electron chi connectivity index (χ4n) is 2.02. The first-order chi connectivity index (χ1) is 9.76. The highest BCUT2D eigenvalue weighted by molar-refractivity contribution is 7.86. The van der Waals surface area contributed by atoms with E-state index in [9.17, 15) is 8.42 Å². The molecule has 0 aliphatic carbocycles. The topological polar surface area (TPSA) is 65.0 Å². The number of halogens is 1. The monoisotopic (exact) mass is 329 g/mol. The summed E-state index contributed by atoms with van der Waals surface area (Å²) in [5.74, 6) is 0.215. The lowest BCUT2D eigenvalue weighted by molar-refractivity contribution is 0.205. The number of rotatable bonds is 4. The number of aryl methyl sites for hydroxylation is 2. The Balaban J connectivity index is 2.33. The van der Waals surface area contributed by atoms with Gasteiger partial charge in [-0.3, -0.25) is 0 Å². The molecule has 1 atom stereocenters. The molecule has 1 aromatic carbocycles. The highest BCUT2D eigenvalue weighted by Gasteiger charge is 2.35. The molecule has 1 heterocycles. The molecule has 0 aromatic heterocycles. The van der Waals surface area contributed by atoms with E-state index in [0.29, 0.717) is 5.56 Å². The van der Waals surface area contributed by atoms with Crippen LogP contribution in [0, 0.1) is 13.8 Å². The van der Waals surface area contributed by atoms with Crippen LogP contribution >= 0.6 is 11.6 Å². The number of nitrogens with zero attached hydrogens (tertiary/aromatic N) is 1. The first kappa shape index (κ1) is 16.0. The van der Waals surface area contributed by atoms with Gasteiger partial charge < -0.3 is 4.74 Å². The predicted molar refractivity (Wildman–Crippen MR) is 81.0 cm³/mol. The highest BCUT2D eigenvalue weighted by Crippen LogP contribution is 2.32. The van der Waals surface area contributed by atoms with Gasteiger partial charge in [0, 0.05) is 18.7 Å². The minimum atomic E-state index is -3.99. The molecule has 1 unspecified atom stereocenters. The number of hydrogen-bond acceptors (Lipinski definition) is 5. The van der Waals surface area contributed by atoms with Gasteiger partial charge in [-0.25, -0.2) is 9.18 Å². The van der Waals surface area contributed by atoms with Crippen LogP contribution in [-0.2, 0) is 19.0 Å². The van der Waals surface area contributed by atoms with Crippen molar-refractivity contribution in [3.63, 3.8) is 0 Å². The maximum atomic E-state index is 12.4. The lowest BCUT2D eigenvalue weighted by Crippen LogP contribution is -2.30. The van der Waals surface area contributed by atoms with Crippen LogP contribution in [-0.4, -0.2) is 26.8 Å². The molecule has 0 fully saturated rings. The Hall–Kier alpha value is -1.37. The molecule has 0 bridgehead atoms. The maximum Gasteiger partial charge on any atom is 0.299 e. The van der Waals surface area contributed by atoms with Crippen LogP contribution in [0.15, 0.2) is 40.0 Å². The molecule has 1 aromatic rings. The van der Waals surface area contributed by atoms with E-state index in [2.05, 4.69) is 4.99 Å². The zero-order valence-corrected chi connectivity index (χ0v) is 13.5. The van der Waals surface area contributed by atoms with Crippen molar-refractivity contribution in [3.8, 4) is 0 Å². The SMILES string of the molecule is COC1=CC(Cl)(OS(=O)(=O)c2ccc(C)cc2C)CC=N1. The fourth-order valence-corrected chi connectivity index (χ4v) is 3.69. The van der Waals surface area contributed by atoms with Crippen LogP contribution in [0.25, 0.3) is 0 Å². The third kappa shape index (κ3) is 3.64. The Morgan fingerprint density at radius 1 is 1.33 bits per heavy atom. The molecule has 2 rings (SSSR count). The molecule has 1 aliphatic heterocycles. The lowest BCUT2D eigenvalue weighted by atomic mass is 10.2. The van der Waals surface area contributed by atoms with Gasteiger partial charge in [0.05, 0.1) is 12.0 Å². The quantitative estimate of drug-likeness (QED) is 0.629. The number of hydrogen-bond donors (Lipinski definition) is 0. The van der Waals surface area contributed by atoms with E-state index < -0.39 is 15.2 Å². The molecule has 1 aliphatic rings. The second-order valence-electron chi connectivity index (χ2n) is 4.80. The molecule has 0 spiro atoms. The summed E-state index contributed by atoms with van der Waals surface area (Å²) in [5, 5.41) is -1.52. The normalized spacial score (nSPS) is 22.0. The average molecular weight is 330 g/mol. The Kier molecular flexibility index (Phi) is 4.41. The van der Waals surface area contributed by atoms with E-state index in [1.807, 2.05) is 6.92 Å². The Bertz CT molecular complexity index is 712. The summed E-state index contributed by atoms with van der Waals surface area (Å²) in [4.78, 5) is 4.03. The van der Waals surface area contributed by atoms with Crippen molar-refractivity contribution < 1.29 is 17.3 Å². The van der Waals surface area contributed by atoms with Crippen LogP contribution in [0.3, 0.4) is 0 Å². The van der Waals surface area contributed by atoms with Gasteiger partial charge in [-0.15, -0.1) is 0 Å². The van der Waals surface area contributed by atoms with Crippen molar-refractivity contribution in [2.75, 3.05) is 7.11 Å². The number of ether oxygens (including phenoxy) is 1. The van der Waals surface area contributed by atoms with Crippen LogP contribution in [0.5, 0.6) is 0 Å². The van der Waals surface area contributed by atoms with Crippen LogP contribution in [0.4, 0.5) is 0 Å². The lowest BCUT2D eigenvalue weighted by Gasteiger charge is -2.24. The zero-order valence-electron chi connectivity index (χ0n) is 12.0. The van der Waals surface area contributed by atoms with E-state index in [4.69, 9.17) is 20.5 Å². The van der Waals surface area contributed by atoms with Crippen molar-refractivity contribution >= 4 is 27.9 Å². The van der Waals surface area contributed by atoms with Crippen molar-refractivity contribution in [2.24, 2.45) is 4.99 Å². The largest absolute Gasteiger partial charge is 0.481 e. The molecule has 7 heteroatoms. The van der Waals surface area contributed by atoms with E-state index in [-0.39, 0.29) is 17.2 Å². The van der Waals surface area contributed by atoms with Gasteiger partial charge in [-0.1, -0.05) is 29.3 Å². The van der Waals surface area contributed by atoms with E-state index in [0.717, 1.165) is 5.56 Å². The van der Waals surface area contributed by atoms with Crippen LogP contribution < -0.4 is 0 Å². The van der Waals surface area contributed by atoms with Crippen molar-refractivity contribution in [1.29, 1.82) is 0 Å². The Morgan fingerprint density at radius 2 is 2.05 bits per heavy atom. The first-order valence-electron chi connectivity index (χ1n) is 6.27. The maximum absolute atomic E-state index is 12.4. The molecule has 114 valence electrons. The van der Waals surface area contributed by atoms with Gasteiger partial charge in [-0.05, 0) is 25.5 Å². The zero-order chi connectivity index (χ0) is 15.7. The summed E-state index contributed by atoms with van der Waals surface area (Å²) in [6.45, 7) is 3.60. The second-order valence-corrected chi connectivity index (χ2v) is 6.95. The average Bonchev–Trinajstić information content (AvgIpc) is 2.36. The summed E-state index contributed by atoms with van der Waals surface area (Å²) in [6.07, 6.45) is 2.94. The van der Waals surface area contributed by atoms with Crippen molar-refractivity contribution in [1.82, 2.24) is 0 Å². The molecule has 21 heavy (non-hydrogen) atoms. The highest BCUT2D eigenvalue weighted by atomic mass is 35.5. The van der Waals surface area contributed by atoms with Gasteiger partial charge in [0.25, 0.3) is 10.1 Å². The van der Waals surface area contributed by atoms with Crippen LogP contribution in [0.1, 0.15) is 17.5 Å². The van der Waals surface area contributed by atoms with Gasteiger partial charge in [0.2, 0.25) is 5.88 Å². The number of alkyl halides is 1. The first-order valence-corrected chi connectivity index (χ1v) is 8.05. The van der Waals surface area contributed by atoms with E-state index in [1.165, 1.54) is 25.5 Å². The number of benzene rings is 1. The Morgan fingerprint density at radius 3 is 2.67 bits per heavy atom. The summed E-state index contributed by atoms with van der Waals surface area (Å²) < 4.78 is 35.0. The number of methoxy groups -OCH3 is 1. The Labute approximate surface area is 129 Å². The fraction of sp³-hybridized carbons (Fsp3) is 0.357. The van der Waals surface area contributed by atoms with Gasteiger partial charge >= 0.3 is 0 Å². The summed E-state index contributed by atoms with van der Waals surface area (Å²) >= 11 is 6.22. The summed E-state index contributed by atoms with van der Waals surface area (Å²) in [7, 11) is -2.57. The standard InChI is InChI=1S/C14H16ClNO4S/c1-10-4-5-12(11(2)8-10)21(17,18)20-14(15)6-7-16-13(9-14)19-3/h4-5,7-9H,6H2,1-3H3. The smallest absolute Gasteiger partial charge is 0.299 e. The molecule has 5 nitrogen and oxygen atoms in total. The molecular weight excluding hydrogens is 314 g/mol. The van der Waals surface area contributed by atoms with Gasteiger partial charge in [0.15, 0.2) is 5.06 Å². The molecular formula is C14H16ClNO4S. The number of aliphatic imine (C=N–C) groups is 1. The minimum Gasteiger partial charge on any atom is -0.481 e. The summed E-state index contributed by atoms with van der Waals surface area (Å²) in [5.41, 5.74) is 1.58.